The van der Waals surface area contributed by atoms with Crippen molar-refractivity contribution in [2.75, 3.05) is 0 Å². The van der Waals surface area contributed by atoms with Gasteiger partial charge in [-0.25, -0.2) is 10.5 Å². The molecule has 0 aliphatic heterocycles. The number of carbonyl (C=O) groups excluding carboxylic acids is 2. The molecule has 0 aliphatic carbocycles. The lowest BCUT2D eigenvalue weighted by molar-refractivity contribution is -0.129. The standard InChI is InChI=1S/C19H26N4O3/c1-3-4-8-17-20-12-16(22-17)19(25)21-15(11-18(24)23-26)10-14-7-5-6-13(2)9-14/h5-7,9,12,15,26H,3-4,8,10-11H2,1-2H3,(H,20,22)(H,21,25)(H,23,24)/t15-/m1/s1. The summed E-state index contributed by atoms with van der Waals surface area (Å²) in [6, 6.07) is 7.43. The molecule has 1 heterocycles. The number of hydroxylamine groups is 1. The molecule has 0 bridgehead atoms. The summed E-state index contributed by atoms with van der Waals surface area (Å²) in [6.45, 7) is 4.08. The van der Waals surface area contributed by atoms with Gasteiger partial charge in [0.1, 0.15) is 11.5 Å². The van der Waals surface area contributed by atoms with Crippen LogP contribution in [0.15, 0.2) is 30.5 Å². The number of H-pyrrole nitrogens is 1. The van der Waals surface area contributed by atoms with E-state index in [1.165, 1.54) is 6.20 Å². The minimum Gasteiger partial charge on any atom is -0.347 e. The highest BCUT2D eigenvalue weighted by molar-refractivity contribution is 5.92. The van der Waals surface area contributed by atoms with Crippen molar-refractivity contribution in [1.82, 2.24) is 20.8 Å². The van der Waals surface area contributed by atoms with Crippen LogP contribution in [0.1, 0.15) is 53.6 Å². The molecular weight excluding hydrogens is 332 g/mol. The quantitative estimate of drug-likeness (QED) is 0.407. The second-order valence-electron chi connectivity index (χ2n) is 6.45. The third-order valence-electron chi connectivity index (χ3n) is 4.10. The summed E-state index contributed by atoms with van der Waals surface area (Å²) in [6.07, 6.45) is 4.82. The molecule has 2 rings (SSSR count). The molecule has 0 fully saturated rings. The zero-order valence-corrected chi connectivity index (χ0v) is 15.2. The van der Waals surface area contributed by atoms with Gasteiger partial charge in [-0.3, -0.25) is 14.8 Å². The highest BCUT2D eigenvalue weighted by atomic mass is 16.5. The van der Waals surface area contributed by atoms with Crippen LogP contribution in [0.4, 0.5) is 0 Å². The zero-order chi connectivity index (χ0) is 18.9. The van der Waals surface area contributed by atoms with Crippen molar-refractivity contribution >= 4 is 11.8 Å². The molecule has 140 valence electrons. The van der Waals surface area contributed by atoms with Gasteiger partial charge in [0.2, 0.25) is 5.91 Å². The van der Waals surface area contributed by atoms with Gasteiger partial charge in [0.05, 0.1) is 6.20 Å². The largest absolute Gasteiger partial charge is 0.347 e. The molecule has 2 aromatic rings. The van der Waals surface area contributed by atoms with Gasteiger partial charge in [0.15, 0.2) is 0 Å². The number of amides is 2. The van der Waals surface area contributed by atoms with Crippen molar-refractivity contribution < 1.29 is 14.8 Å². The molecule has 2 amide bonds. The summed E-state index contributed by atoms with van der Waals surface area (Å²) in [5.74, 6) is -0.0832. The van der Waals surface area contributed by atoms with E-state index in [1.54, 1.807) is 5.48 Å². The van der Waals surface area contributed by atoms with Gasteiger partial charge in [-0.15, -0.1) is 0 Å². The van der Waals surface area contributed by atoms with E-state index < -0.39 is 11.9 Å². The van der Waals surface area contributed by atoms with Crippen LogP contribution in [0.2, 0.25) is 0 Å². The maximum Gasteiger partial charge on any atom is 0.269 e. The van der Waals surface area contributed by atoms with Gasteiger partial charge < -0.3 is 10.3 Å². The minimum atomic E-state index is -0.545. The highest BCUT2D eigenvalue weighted by Gasteiger charge is 2.19. The van der Waals surface area contributed by atoms with Crippen LogP contribution < -0.4 is 10.8 Å². The molecule has 4 N–H and O–H groups in total. The summed E-state index contributed by atoms with van der Waals surface area (Å²) in [5.41, 5.74) is 4.11. The van der Waals surface area contributed by atoms with Gasteiger partial charge in [0, 0.05) is 18.9 Å². The number of rotatable bonds is 9. The van der Waals surface area contributed by atoms with Crippen molar-refractivity contribution in [2.45, 2.75) is 52.0 Å². The fraction of sp³-hybridized carbons (Fsp3) is 0.421. The average Bonchev–Trinajstić information content (AvgIpc) is 3.08. The Morgan fingerprint density at radius 2 is 2.15 bits per heavy atom. The number of nitrogens with zero attached hydrogens (tertiary/aromatic N) is 1. The molecule has 0 unspecified atom stereocenters. The van der Waals surface area contributed by atoms with Crippen molar-refractivity contribution in [3.63, 3.8) is 0 Å². The van der Waals surface area contributed by atoms with E-state index in [0.29, 0.717) is 12.1 Å². The van der Waals surface area contributed by atoms with E-state index in [9.17, 15) is 9.59 Å². The van der Waals surface area contributed by atoms with Gasteiger partial charge >= 0.3 is 0 Å². The summed E-state index contributed by atoms with van der Waals surface area (Å²) >= 11 is 0. The van der Waals surface area contributed by atoms with Crippen LogP contribution >= 0.6 is 0 Å². The van der Waals surface area contributed by atoms with Crippen LogP contribution in [0.3, 0.4) is 0 Å². The monoisotopic (exact) mass is 358 g/mol. The van der Waals surface area contributed by atoms with Crippen LogP contribution in [-0.2, 0) is 17.6 Å². The Bertz CT molecular complexity index is 742. The minimum absolute atomic E-state index is 0.0208. The van der Waals surface area contributed by atoms with E-state index in [4.69, 9.17) is 5.21 Å². The van der Waals surface area contributed by atoms with Crippen LogP contribution in [0, 0.1) is 6.92 Å². The first-order valence-electron chi connectivity index (χ1n) is 8.85. The van der Waals surface area contributed by atoms with Crippen LogP contribution in [-0.4, -0.2) is 33.0 Å². The molecule has 0 radical (unpaired) electrons. The Hall–Kier alpha value is -2.67. The summed E-state index contributed by atoms with van der Waals surface area (Å²) in [4.78, 5) is 31.3. The first-order valence-corrected chi connectivity index (χ1v) is 8.85. The number of aromatic nitrogens is 2. The first-order chi connectivity index (χ1) is 12.5. The molecule has 0 aliphatic rings. The highest BCUT2D eigenvalue weighted by Crippen LogP contribution is 2.10. The van der Waals surface area contributed by atoms with Crippen LogP contribution in [0.25, 0.3) is 0 Å². The topological polar surface area (TPSA) is 107 Å². The second kappa shape index (κ2) is 9.72. The molecule has 7 heteroatoms. The van der Waals surface area contributed by atoms with Crippen LogP contribution in [0.5, 0.6) is 0 Å². The molecule has 7 nitrogen and oxygen atoms in total. The van der Waals surface area contributed by atoms with E-state index in [2.05, 4.69) is 22.2 Å². The summed E-state index contributed by atoms with van der Waals surface area (Å²) in [7, 11) is 0. The van der Waals surface area contributed by atoms with Gasteiger partial charge in [-0.1, -0.05) is 43.2 Å². The number of hydrogen-bond donors (Lipinski definition) is 4. The maximum atomic E-state index is 12.5. The Morgan fingerprint density at radius 1 is 1.35 bits per heavy atom. The van der Waals surface area contributed by atoms with Gasteiger partial charge in [-0.05, 0) is 25.3 Å². The first kappa shape index (κ1) is 19.7. The molecule has 1 atom stereocenters. The summed E-state index contributed by atoms with van der Waals surface area (Å²) in [5, 5.41) is 11.7. The summed E-state index contributed by atoms with van der Waals surface area (Å²) < 4.78 is 0. The zero-order valence-electron chi connectivity index (χ0n) is 15.2. The smallest absolute Gasteiger partial charge is 0.269 e. The fourth-order valence-electron chi connectivity index (χ4n) is 2.78. The second-order valence-corrected chi connectivity index (χ2v) is 6.45. The lowest BCUT2D eigenvalue weighted by atomic mass is 10.0. The number of hydrogen-bond acceptors (Lipinski definition) is 4. The Kier molecular flexibility index (Phi) is 7.35. The predicted molar refractivity (Wildman–Crippen MR) is 97.9 cm³/mol. The van der Waals surface area contributed by atoms with E-state index in [1.807, 2.05) is 31.2 Å². The normalized spacial score (nSPS) is 11.8. The fourth-order valence-corrected chi connectivity index (χ4v) is 2.78. The molecular formula is C19H26N4O3. The number of carbonyl (C=O) groups is 2. The third-order valence-corrected chi connectivity index (χ3v) is 4.10. The SMILES string of the molecule is CCCCc1ncc(C(=O)N[C@@H](CC(=O)NO)Cc2cccc(C)c2)[nH]1. The van der Waals surface area contributed by atoms with Gasteiger partial charge in [0.25, 0.3) is 5.91 Å². The van der Waals surface area contributed by atoms with Crippen molar-refractivity contribution in [3.05, 3.63) is 53.1 Å². The Balaban J connectivity index is 2.06. The molecule has 0 saturated carbocycles. The third kappa shape index (κ3) is 6.00. The number of imidazole rings is 1. The molecule has 1 aromatic carbocycles. The van der Waals surface area contributed by atoms with Gasteiger partial charge in [-0.2, -0.15) is 0 Å². The molecule has 1 aromatic heterocycles. The number of nitrogens with one attached hydrogen (secondary N) is 3. The Morgan fingerprint density at radius 3 is 2.85 bits per heavy atom. The number of unbranched alkanes of at least 4 members (excludes halogenated alkanes) is 1. The number of aryl methyl sites for hydroxylation is 2. The van der Waals surface area contributed by atoms with Crippen molar-refractivity contribution in [2.24, 2.45) is 0 Å². The number of aromatic amines is 1. The molecule has 0 saturated heterocycles. The predicted octanol–water partition coefficient (Wildman–Crippen LogP) is 2.30. The van der Waals surface area contributed by atoms with Crippen molar-refractivity contribution in [1.29, 1.82) is 0 Å². The maximum absolute atomic E-state index is 12.5. The lowest BCUT2D eigenvalue weighted by Crippen LogP contribution is -2.40. The van der Waals surface area contributed by atoms with E-state index in [-0.39, 0.29) is 12.3 Å². The molecule has 26 heavy (non-hydrogen) atoms. The molecule has 0 spiro atoms. The number of benzene rings is 1. The Labute approximate surface area is 153 Å². The van der Waals surface area contributed by atoms with Crippen molar-refractivity contribution in [3.8, 4) is 0 Å². The lowest BCUT2D eigenvalue weighted by Gasteiger charge is -2.18. The van der Waals surface area contributed by atoms with E-state index >= 15 is 0 Å². The van der Waals surface area contributed by atoms with E-state index in [0.717, 1.165) is 36.2 Å². The average molecular weight is 358 g/mol.